The molecule has 28 heavy (non-hydrogen) atoms. The SMILES string of the molecule is COc1ccc(CC(NC(=O)CC2COCCN2)c2ccc(OC)cc2)cc1. The molecule has 1 heterocycles. The molecule has 1 aliphatic heterocycles. The van der Waals surface area contributed by atoms with Crippen molar-refractivity contribution in [3.8, 4) is 11.5 Å². The van der Waals surface area contributed by atoms with Crippen LogP contribution < -0.4 is 20.1 Å². The van der Waals surface area contributed by atoms with Gasteiger partial charge in [0.15, 0.2) is 0 Å². The van der Waals surface area contributed by atoms with E-state index in [0.717, 1.165) is 29.2 Å². The number of carbonyl (C=O) groups is 1. The first-order chi connectivity index (χ1) is 13.7. The van der Waals surface area contributed by atoms with Crippen LogP contribution in [0.1, 0.15) is 23.6 Å². The van der Waals surface area contributed by atoms with E-state index in [9.17, 15) is 4.79 Å². The van der Waals surface area contributed by atoms with Crippen LogP contribution in [0.15, 0.2) is 48.5 Å². The second-order valence-electron chi connectivity index (χ2n) is 6.88. The minimum absolute atomic E-state index is 0.0114. The van der Waals surface area contributed by atoms with E-state index >= 15 is 0 Å². The summed E-state index contributed by atoms with van der Waals surface area (Å²) in [5.41, 5.74) is 2.17. The lowest BCUT2D eigenvalue weighted by Gasteiger charge is -2.25. The van der Waals surface area contributed by atoms with Crippen LogP contribution in [0.25, 0.3) is 0 Å². The Morgan fingerprint density at radius 3 is 2.32 bits per heavy atom. The fourth-order valence-electron chi connectivity index (χ4n) is 3.31. The highest BCUT2D eigenvalue weighted by molar-refractivity contribution is 5.77. The van der Waals surface area contributed by atoms with Crippen molar-refractivity contribution in [3.63, 3.8) is 0 Å². The molecule has 1 amide bonds. The number of morpholine rings is 1. The minimum atomic E-state index is -0.128. The smallest absolute Gasteiger partial charge is 0.222 e. The standard InChI is InChI=1S/C22H28N2O4/c1-26-19-7-3-16(4-8-19)13-21(17-5-9-20(27-2)10-6-17)24-22(25)14-18-15-28-12-11-23-18/h3-10,18,21,23H,11-15H2,1-2H3,(H,24,25). The number of nitrogens with one attached hydrogen (secondary N) is 2. The molecule has 2 aromatic rings. The molecule has 1 fully saturated rings. The van der Waals surface area contributed by atoms with Gasteiger partial charge in [-0.2, -0.15) is 0 Å². The van der Waals surface area contributed by atoms with Crippen molar-refractivity contribution in [2.75, 3.05) is 34.0 Å². The monoisotopic (exact) mass is 384 g/mol. The normalized spacial score (nSPS) is 17.6. The summed E-state index contributed by atoms with van der Waals surface area (Å²) in [6.45, 7) is 2.05. The van der Waals surface area contributed by atoms with Crippen molar-refractivity contribution >= 4 is 5.91 Å². The third kappa shape index (κ3) is 5.71. The van der Waals surface area contributed by atoms with Gasteiger partial charge in [0.25, 0.3) is 0 Å². The lowest BCUT2D eigenvalue weighted by atomic mass is 9.98. The summed E-state index contributed by atoms with van der Waals surface area (Å²) in [4.78, 5) is 12.7. The van der Waals surface area contributed by atoms with Gasteiger partial charge in [0, 0.05) is 19.0 Å². The Balaban J connectivity index is 1.71. The first-order valence-electron chi connectivity index (χ1n) is 9.55. The highest BCUT2D eigenvalue weighted by Gasteiger charge is 2.20. The predicted octanol–water partition coefficient (Wildman–Crippen LogP) is 2.48. The van der Waals surface area contributed by atoms with Crippen LogP contribution in [0.5, 0.6) is 11.5 Å². The van der Waals surface area contributed by atoms with E-state index in [1.54, 1.807) is 14.2 Å². The Labute approximate surface area is 166 Å². The van der Waals surface area contributed by atoms with Crippen LogP contribution in [0.4, 0.5) is 0 Å². The van der Waals surface area contributed by atoms with Gasteiger partial charge in [0.05, 0.1) is 33.5 Å². The van der Waals surface area contributed by atoms with Crippen molar-refractivity contribution in [1.82, 2.24) is 10.6 Å². The van der Waals surface area contributed by atoms with Crippen LogP contribution in [0.2, 0.25) is 0 Å². The number of methoxy groups -OCH3 is 2. The Bertz CT molecular complexity index is 740. The van der Waals surface area contributed by atoms with Crippen molar-refractivity contribution in [2.45, 2.75) is 24.9 Å². The van der Waals surface area contributed by atoms with Crippen molar-refractivity contribution in [1.29, 1.82) is 0 Å². The van der Waals surface area contributed by atoms with Crippen molar-refractivity contribution in [2.24, 2.45) is 0 Å². The maximum absolute atomic E-state index is 12.7. The van der Waals surface area contributed by atoms with Gasteiger partial charge in [0.2, 0.25) is 5.91 Å². The summed E-state index contributed by atoms with van der Waals surface area (Å²) in [5, 5.41) is 6.51. The molecule has 2 unspecified atom stereocenters. The summed E-state index contributed by atoms with van der Waals surface area (Å²) >= 11 is 0. The first-order valence-corrected chi connectivity index (χ1v) is 9.55. The number of amides is 1. The molecule has 0 saturated carbocycles. The second kappa shape index (κ2) is 10.1. The van der Waals surface area contributed by atoms with E-state index in [-0.39, 0.29) is 18.0 Å². The molecule has 0 spiro atoms. The van der Waals surface area contributed by atoms with Crippen molar-refractivity contribution in [3.05, 3.63) is 59.7 Å². The van der Waals surface area contributed by atoms with Gasteiger partial charge in [-0.1, -0.05) is 24.3 Å². The van der Waals surface area contributed by atoms with E-state index in [1.807, 2.05) is 48.5 Å². The fourth-order valence-corrected chi connectivity index (χ4v) is 3.31. The molecule has 0 radical (unpaired) electrons. The number of hydrogen-bond donors (Lipinski definition) is 2. The third-order valence-corrected chi connectivity index (χ3v) is 4.88. The quantitative estimate of drug-likeness (QED) is 0.732. The highest BCUT2D eigenvalue weighted by atomic mass is 16.5. The predicted molar refractivity (Wildman–Crippen MR) is 108 cm³/mol. The molecule has 6 heteroatoms. The van der Waals surface area contributed by atoms with Gasteiger partial charge in [-0.25, -0.2) is 0 Å². The topological polar surface area (TPSA) is 68.8 Å². The largest absolute Gasteiger partial charge is 0.497 e. The van der Waals surface area contributed by atoms with Crippen molar-refractivity contribution < 1.29 is 19.0 Å². The molecule has 0 aromatic heterocycles. The third-order valence-electron chi connectivity index (χ3n) is 4.88. The summed E-state index contributed by atoms with van der Waals surface area (Å²) in [7, 11) is 3.29. The summed E-state index contributed by atoms with van der Waals surface area (Å²) in [6.07, 6.45) is 1.09. The van der Waals surface area contributed by atoms with E-state index in [2.05, 4.69) is 10.6 Å². The minimum Gasteiger partial charge on any atom is -0.497 e. The molecular weight excluding hydrogens is 356 g/mol. The summed E-state index contributed by atoms with van der Waals surface area (Å²) < 4.78 is 15.9. The fraction of sp³-hybridized carbons (Fsp3) is 0.409. The van der Waals surface area contributed by atoms with E-state index < -0.39 is 0 Å². The first kappa shape index (κ1) is 20.2. The van der Waals surface area contributed by atoms with Crippen LogP contribution in [0.3, 0.4) is 0 Å². The van der Waals surface area contributed by atoms with Crippen LogP contribution in [-0.2, 0) is 16.0 Å². The molecule has 0 bridgehead atoms. The number of benzene rings is 2. The zero-order valence-electron chi connectivity index (χ0n) is 16.4. The molecule has 2 aromatic carbocycles. The van der Waals surface area contributed by atoms with Crippen LogP contribution >= 0.6 is 0 Å². The van der Waals surface area contributed by atoms with E-state index in [1.165, 1.54) is 0 Å². The zero-order valence-corrected chi connectivity index (χ0v) is 16.4. The molecule has 150 valence electrons. The van der Waals surface area contributed by atoms with Gasteiger partial charge in [0.1, 0.15) is 11.5 Å². The number of rotatable bonds is 8. The van der Waals surface area contributed by atoms with Gasteiger partial charge in [-0.15, -0.1) is 0 Å². The molecule has 6 nitrogen and oxygen atoms in total. The number of carbonyl (C=O) groups excluding carboxylic acids is 1. The number of ether oxygens (including phenoxy) is 3. The highest BCUT2D eigenvalue weighted by Crippen LogP contribution is 2.23. The van der Waals surface area contributed by atoms with Gasteiger partial charge in [-0.3, -0.25) is 4.79 Å². The average molecular weight is 384 g/mol. The molecule has 3 rings (SSSR count). The Morgan fingerprint density at radius 1 is 1.11 bits per heavy atom. The molecule has 1 aliphatic rings. The van der Waals surface area contributed by atoms with Gasteiger partial charge in [-0.05, 0) is 41.8 Å². The number of hydrogen-bond acceptors (Lipinski definition) is 5. The molecule has 1 saturated heterocycles. The van der Waals surface area contributed by atoms with E-state index in [4.69, 9.17) is 14.2 Å². The maximum atomic E-state index is 12.7. The Hall–Kier alpha value is -2.57. The van der Waals surface area contributed by atoms with Crippen LogP contribution in [0, 0.1) is 0 Å². The van der Waals surface area contributed by atoms with Crippen LogP contribution in [-0.4, -0.2) is 45.9 Å². The van der Waals surface area contributed by atoms with Gasteiger partial charge >= 0.3 is 0 Å². The molecular formula is C22H28N2O4. The van der Waals surface area contributed by atoms with E-state index in [0.29, 0.717) is 26.1 Å². The maximum Gasteiger partial charge on any atom is 0.222 e. The molecule has 2 atom stereocenters. The summed E-state index contributed by atoms with van der Waals surface area (Å²) in [6, 6.07) is 15.7. The molecule has 0 aliphatic carbocycles. The average Bonchev–Trinajstić information content (AvgIpc) is 2.74. The lowest BCUT2D eigenvalue weighted by Crippen LogP contribution is -2.44. The zero-order chi connectivity index (χ0) is 19.8. The second-order valence-corrected chi connectivity index (χ2v) is 6.88. The molecule has 2 N–H and O–H groups in total. The lowest BCUT2D eigenvalue weighted by molar-refractivity contribution is -0.123. The Kier molecular flexibility index (Phi) is 7.28. The Morgan fingerprint density at radius 2 is 1.75 bits per heavy atom. The summed E-state index contributed by atoms with van der Waals surface area (Å²) in [5.74, 6) is 1.62. The van der Waals surface area contributed by atoms with Gasteiger partial charge < -0.3 is 24.8 Å².